The number of carbonyl (C=O) groups is 1. The van der Waals surface area contributed by atoms with E-state index in [2.05, 4.69) is 73.7 Å². The van der Waals surface area contributed by atoms with Crippen LogP contribution >= 0.6 is 0 Å². The molecule has 0 N–H and O–H groups in total. The van der Waals surface area contributed by atoms with E-state index >= 15 is 0 Å². The number of nitrogens with zero attached hydrogens (tertiary/aromatic N) is 1. The van der Waals surface area contributed by atoms with Gasteiger partial charge in [0.2, 0.25) is 0 Å². The van der Waals surface area contributed by atoms with Gasteiger partial charge in [-0.2, -0.15) is 0 Å². The van der Waals surface area contributed by atoms with Gasteiger partial charge in [-0.1, -0.05) is 67.6 Å². The summed E-state index contributed by atoms with van der Waals surface area (Å²) in [6.07, 6.45) is 7.44. The molecule has 1 aromatic heterocycles. The molecule has 2 heteroatoms. The van der Waals surface area contributed by atoms with E-state index in [-0.39, 0.29) is 5.92 Å². The van der Waals surface area contributed by atoms with Crippen LogP contribution in [0, 0.1) is 5.92 Å². The quantitative estimate of drug-likeness (QED) is 0.398. The summed E-state index contributed by atoms with van der Waals surface area (Å²) in [7, 11) is 0. The standard InChI is InChI=1S/C29H31NO/c1-2-26-18-19-27(24-14-15-24)28(30-26)29(31)25-16-12-23(13-17-25)22-10-8-21(9-11-22)20-6-4-3-5-7-20/h3-11,18-19,23-25H,2,12-17H2,1H3. The molecule has 2 aliphatic rings. The van der Waals surface area contributed by atoms with Gasteiger partial charge in [0.15, 0.2) is 5.78 Å². The van der Waals surface area contributed by atoms with Crippen molar-refractivity contribution in [2.75, 3.05) is 0 Å². The SMILES string of the molecule is CCc1ccc(C2CC2)c(C(=O)C2CCC(c3ccc(-c4ccccc4)cc3)CC2)n1. The summed E-state index contributed by atoms with van der Waals surface area (Å²) in [6, 6.07) is 23.9. The molecular weight excluding hydrogens is 378 g/mol. The van der Waals surface area contributed by atoms with E-state index in [1.54, 1.807) is 0 Å². The summed E-state index contributed by atoms with van der Waals surface area (Å²) >= 11 is 0. The first-order valence-electron chi connectivity index (χ1n) is 11.9. The minimum Gasteiger partial charge on any atom is -0.292 e. The highest BCUT2D eigenvalue weighted by molar-refractivity contribution is 5.97. The number of rotatable bonds is 6. The Kier molecular flexibility index (Phi) is 5.72. The first-order chi connectivity index (χ1) is 15.2. The minimum atomic E-state index is 0.136. The number of carbonyl (C=O) groups excluding carboxylic acids is 1. The van der Waals surface area contributed by atoms with Crippen molar-refractivity contribution >= 4 is 5.78 Å². The molecule has 0 atom stereocenters. The van der Waals surface area contributed by atoms with E-state index in [1.807, 2.05) is 0 Å². The van der Waals surface area contributed by atoms with Crippen molar-refractivity contribution in [3.8, 4) is 11.1 Å². The van der Waals surface area contributed by atoms with Crippen molar-refractivity contribution in [1.29, 1.82) is 0 Å². The van der Waals surface area contributed by atoms with Crippen LogP contribution in [0.1, 0.15) is 84.6 Å². The average Bonchev–Trinajstić information content (AvgIpc) is 3.69. The molecule has 2 nitrogen and oxygen atoms in total. The largest absolute Gasteiger partial charge is 0.292 e. The Balaban J connectivity index is 1.26. The second-order valence-corrected chi connectivity index (χ2v) is 9.27. The van der Waals surface area contributed by atoms with Crippen LogP contribution in [0.15, 0.2) is 66.7 Å². The molecule has 2 aliphatic carbocycles. The van der Waals surface area contributed by atoms with Gasteiger partial charge < -0.3 is 0 Å². The molecule has 0 spiro atoms. The predicted molar refractivity (Wildman–Crippen MR) is 126 cm³/mol. The molecule has 0 radical (unpaired) electrons. The van der Waals surface area contributed by atoms with Crippen molar-refractivity contribution in [3.05, 3.63) is 89.2 Å². The Morgan fingerprint density at radius 3 is 2.06 bits per heavy atom. The summed E-state index contributed by atoms with van der Waals surface area (Å²) in [5, 5.41) is 0. The third-order valence-corrected chi connectivity index (χ3v) is 7.18. The van der Waals surface area contributed by atoms with Gasteiger partial charge >= 0.3 is 0 Å². The highest BCUT2D eigenvalue weighted by Gasteiger charge is 2.33. The zero-order chi connectivity index (χ0) is 21.2. The predicted octanol–water partition coefficient (Wildman–Crippen LogP) is 7.35. The highest BCUT2D eigenvalue weighted by atomic mass is 16.1. The van der Waals surface area contributed by atoms with Crippen LogP contribution in [-0.4, -0.2) is 10.8 Å². The molecule has 0 amide bonds. The van der Waals surface area contributed by atoms with Gasteiger partial charge in [-0.05, 0) is 85.1 Å². The second kappa shape index (κ2) is 8.78. The molecule has 0 unspecified atom stereocenters. The zero-order valence-electron chi connectivity index (χ0n) is 18.4. The molecular formula is C29H31NO. The van der Waals surface area contributed by atoms with Crippen molar-refractivity contribution in [2.24, 2.45) is 5.92 Å². The van der Waals surface area contributed by atoms with Crippen molar-refractivity contribution in [1.82, 2.24) is 4.98 Å². The molecule has 2 fully saturated rings. The summed E-state index contributed by atoms with van der Waals surface area (Å²) in [5.41, 5.74) is 6.98. The lowest BCUT2D eigenvalue weighted by molar-refractivity contribution is 0.0877. The first-order valence-corrected chi connectivity index (χ1v) is 11.9. The normalized spacial score (nSPS) is 21.1. The van der Waals surface area contributed by atoms with Crippen molar-refractivity contribution < 1.29 is 4.79 Å². The van der Waals surface area contributed by atoms with Gasteiger partial charge in [-0.25, -0.2) is 4.98 Å². The Hall–Kier alpha value is -2.74. The van der Waals surface area contributed by atoms with Gasteiger partial charge in [0.05, 0.1) is 0 Å². The number of aromatic nitrogens is 1. The number of pyridine rings is 1. The van der Waals surface area contributed by atoms with E-state index in [9.17, 15) is 4.79 Å². The molecule has 158 valence electrons. The summed E-state index contributed by atoms with van der Waals surface area (Å²) < 4.78 is 0. The second-order valence-electron chi connectivity index (χ2n) is 9.27. The lowest BCUT2D eigenvalue weighted by atomic mass is 9.76. The lowest BCUT2D eigenvalue weighted by Crippen LogP contribution is -2.23. The summed E-state index contributed by atoms with van der Waals surface area (Å²) in [4.78, 5) is 18.2. The van der Waals surface area contributed by atoms with Crippen LogP contribution in [0.4, 0.5) is 0 Å². The molecule has 2 aromatic carbocycles. The zero-order valence-corrected chi connectivity index (χ0v) is 18.4. The first kappa shape index (κ1) is 20.2. The van der Waals surface area contributed by atoms with Gasteiger partial charge in [-0.3, -0.25) is 4.79 Å². The smallest absolute Gasteiger partial charge is 0.184 e. The number of hydrogen-bond donors (Lipinski definition) is 0. The third-order valence-electron chi connectivity index (χ3n) is 7.18. The Morgan fingerprint density at radius 1 is 0.774 bits per heavy atom. The number of benzene rings is 2. The van der Waals surface area contributed by atoms with Crippen LogP contribution in [0.3, 0.4) is 0 Å². The fourth-order valence-electron chi connectivity index (χ4n) is 5.09. The topological polar surface area (TPSA) is 30.0 Å². The Bertz CT molecular complexity index is 1040. The van der Waals surface area contributed by atoms with Gasteiger partial charge in [-0.15, -0.1) is 0 Å². The van der Waals surface area contributed by atoms with Gasteiger partial charge in [0.1, 0.15) is 5.69 Å². The van der Waals surface area contributed by atoms with E-state index in [0.717, 1.165) is 43.5 Å². The van der Waals surface area contributed by atoms with Crippen LogP contribution in [-0.2, 0) is 6.42 Å². The van der Waals surface area contributed by atoms with Crippen LogP contribution in [0.25, 0.3) is 11.1 Å². The molecule has 0 aliphatic heterocycles. The monoisotopic (exact) mass is 409 g/mol. The van der Waals surface area contributed by atoms with E-state index in [4.69, 9.17) is 4.98 Å². The van der Waals surface area contributed by atoms with E-state index in [1.165, 1.54) is 35.1 Å². The maximum absolute atomic E-state index is 13.4. The van der Waals surface area contributed by atoms with Crippen molar-refractivity contribution in [2.45, 2.75) is 63.7 Å². The summed E-state index contributed by atoms with van der Waals surface area (Å²) in [5.74, 6) is 1.57. The maximum Gasteiger partial charge on any atom is 0.184 e. The lowest BCUT2D eigenvalue weighted by Gasteiger charge is -2.28. The molecule has 2 saturated carbocycles. The van der Waals surface area contributed by atoms with Gasteiger partial charge in [0.25, 0.3) is 0 Å². The van der Waals surface area contributed by atoms with Crippen molar-refractivity contribution in [3.63, 3.8) is 0 Å². The van der Waals surface area contributed by atoms with Gasteiger partial charge in [0, 0.05) is 11.6 Å². The fraction of sp³-hybridized carbons (Fsp3) is 0.379. The third kappa shape index (κ3) is 4.35. The summed E-state index contributed by atoms with van der Waals surface area (Å²) in [6.45, 7) is 2.11. The molecule has 3 aromatic rings. The molecule has 5 rings (SSSR count). The maximum atomic E-state index is 13.4. The highest BCUT2D eigenvalue weighted by Crippen LogP contribution is 2.43. The Morgan fingerprint density at radius 2 is 1.42 bits per heavy atom. The Labute approximate surface area is 185 Å². The van der Waals surface area contributed by atoms with E-state index in [0.29, 0.717) is 17.6 Å². The number of ketones is 1. The average molecular weight is 410 g/mol. The van der Waals surface area contributed by atoms with E-state index < -0.39 is 0 Å². The minimum absolute atomic E-state index is 0.136. The molecule has 1 heterocycles. The number of aryl methyl sites for hydroxylation is 1. The van der Waals surface area contributed by atoms with Crippen LogP contribution in [0.5, 0.6) is 0 Å². The number of Topliss-reactive ketones (excluding diaryl/α,β-unsaturated/α-hetero) is 1. The molecule has 31 heavy (non-hydrogen) atoms. The fourth-order valence-corrected chi connectivity index (χ4v) is 5.09. The van der Waals surface area contributed by atoms with Crippen LogP contribution < -0.4 is 0 Å². The molecule has 0 bridgehead atoms. The molecule has 0 saturated heterocycles. The number of hydrogen-bond acceptors (Lipinski definition) is 2. The van der Waals surface area contributed by atoms with Crippen LogP contribution in [0.2, 0.25) is 0 Å².